The van der Waals surface area contributed by atoms with Gasteiger partial charge in [-0.3, -0.25) is 0 Å². The number of nitrogens with two attached hydrogens (primary N) is 1. The summed E-state index contributed by atoms with van der Waals surface area (Å²) in [5.74, 6) is -2.41. The third-order valence-corrected chi connectivity index (χ3v) is 2.34. The molecule has 7 heteroatoms. The molecule has 0 spiro atoms. The topological polar surface area (TPSA) is 81.0 Å². The number of benzene rings is 1. The predicted molar refractivity (Wildman–Crippen MR) is 61.9 cm³/mol. The fourth-order valence-electron chi connectivity index (χ4n) is 1.44. The number of hydrogen-bond acceptors (Lipinski definition) is 4. The molecule has 3 N–H and O–H groups in total. The molecule has 0 radical (unpaired) electrons. The molecule has 0 unspecified atom stereocenters. The van der Waals surface area contributed by atoms with E-state index in [4.69, 9.17) is 20.1 Å². The lowest BCUT2D eigenvalue weighted by Crippen LogP contribution is -2.14. The van der Waals surface area contributed by atoms with Gasteiger partial charge in [0, 0.05) is 5.56 Å². The standard InChI is InChI=1S/C12H10F2N2O3/c13-9-4-7(12(15)16-17)5-10(14)11(9)19-6-8-2-1-3-18-8/h1-5,17H,6H2,(H2,15,16). The lowest BCUT2D eigenvalue weighted by molar-refractivity contribution is 0.246. The van der Waals surface area contributed by atoms with E-state index in [0.717, 1.165) is 12.1 Å². The van der Waals surface area contributed by atoms with Crippen molar-refractivity contribution in [2.45, 2.75) is 6.61 Å². The Bertz CT molecular complexity index is 574. The Morgan fingerprint density at radius 1 is 1.37 bits per heavy atom. The first kappa shape index (κ1) is 12.9. The van der Waals surface area contributed by atoms with Gasteiger partial charge in [-0.15, -0.1) is 0 Å². The summed E-state index contributed by atoms with van der Waals surface area (Å²) in [4.78, 5) is 0. The van der Waals surface area contributed by atoms with Gasteiger partial charge in [-0.05, 0) is 24.3 Å². The fourth-order valence-corrected chi connectivity index (χ4v) is 1.44. The zero-order valence-corrected chi connectivity index (χ0v) is 9.64. The maximum atomic E-state index is 13.6. The molecule has 0 saturated carbocycles. The molecule has 0 fully saturated rings. The molecule has 0 aliphatic carbocycles. The van der Waals surface area contributed by atoms with Gasteiger partial charge in [0.2, 0.25) is 0 Å². The van der Waals surface area contributed by atoms with Crippen LogP contribution in [-0.4, -0.2) is 11.0 Å². The first-order chi connectivity index (χ1) is 9.11. The van der Waals surface area contributed by atoms with Crippen LogP contribution in [0, 0.1) is 11.6 Å². The monoisotopic (exact) mass is 268 g/mol. The highest BCUT2D eigenvalue weighted by Crippen LogP contribution is 2.24. The molecule has 0 aliphatic heterocycles. The molecule has 2 rings (SSSR count). The van der Waals surface area contributed by atoms with Crippen LogP contribution in [0.15, 0.2) is 40.1 Å². The van der Waals surface area contributed by atoms with Crippen LogP contribution in [-0.2, 0) is 6.61 Å². The maximum absolute atomic E-state index is 13.6. The molecule has 0 amide bonds. The molecular formula is C12H10F2N2O3. The number of nitrogens with zero attached hydrogens (tertiary/aromatic N) is 1. The Morgan fingerprint density at radius 3 is 2.58 bits per heavy atom. The Kier molecular flexibility index (Phi) is 3.65. The van der Waals surface area contributed by atoms with Gasteiger partial charge >= 0.3 is 0 Å². The first-order valence-corrected chi connectivity index (χ1v) is 5.24. The van der Waals surface area contributed by atoms with Crippen LogP contribution in [0.3, 0.4) is 0 Å². The van der Waals surface area contributed by atoms with E-state index < -0.39 is 23.2 Å². The molecular weight excluding hydrogens is 258 g/mol. The first-order valence-electron chi connectivity index (χ1n) is 5.24. The van der Waals surface area contributed by atoms with Crippen LogP contribution in [0.4, 0.5) is 8.78 Å². The molecule has 0 bridgehead atoms. The lowest BCUT2D eigenvalue weighted by atomic mass is 10.2. The molecule has 0 atom stereocenters. The van der Waals surface area contributed by atoms with Crippen molar-refractivity contribution in [3.8, 4) is 5.75 Å². The minimum absolute atomic E-state index is 0.0807. The summed E-state index contributed by atoms with van der Waals surface area (Å²) < 4.78 is 37.3. The summed E-state index contributed by atoms with van der Waals surface area (Å²) in [6.45, 7) is -0.107. The number of oxime groups is 1. The van der Waals surface area contributed by atoms with Crippen LogP contribution in [0.1, 0.15) is 11.3 Å². The SMILES string of the molecule is N/C(=N/O)c1cc(F)c(OCc2ccco2)c(F)c1. The van der Waals surface area contributed by atoms with Crippen molar-refractivity contribution >= 4 is 5.84 Å². The van der Waals surface area contributed by atoms with Crippen molar-refractivity contribution in [2.24, 2.45) is 10.9 Å². The Labute approximate surface area is 106 Å². The number of ether oxygens (including phenoxy) is 1. The molecule has 1 aromatic carbocycles. The average molecular weight is 268 g/mol. The van der Waals surface area contributed by atoms with E-state index in [9.17, 15) is 8.78 Å². The molecule has 0 aliphatic rings. The number of furan rings is 1. The number of halogens is 2. The van der Waals surface area contributed by atoms with Crippen molar-refractivity contribution in [1.29, 1.82) is 0 Å². The Morgan fingerprint density at radius 2 is 2.05 bits per heavy atom. The number of hydrogen-bond donors (Lipinski definition) is 2. The van der Waals surface area contributed by atoms with Crippen molar-refractivity contribution < 1.29 is 23.1 Å². The van der Waals surface area contributed by atoms with Gasteiger partial charge in [-0.25, -0.2) is 8.78 Å². The summed E-state index contributed by atoms with van der Waals surface area (Å²) in [5, 5.41) is 11.1. The van der Waals surface area contributed by atoms with Crippen molar-refractivity contribution in [3.05, 3.63) is 53.5 Å². The Hall–Kier alpha value is -2.57. The summed E-state index contributed by atoms with van der Waals surface area (Å²) in [6, 6.07) is 5.07. The molecule has 0 saturated heterocycles. The third-order valence-electron chi connectivity index (χ3n) is 2.34. The zero-order chi connectivity index (χ0) is 13.8. The van der Waals surface area contributed by atoms with Crippen LogP contribution in [0.5, 0.6) is 5.75 Å². The van der Waals surface area contributed by atoms with Gasteiger partial charge < -0.3 is 20.1 Å². The van der Waals surface area contributed by atoms with Gasteiger partial charge in [0.15, 0.2) is 23.2 Å². The molecule has 1 aromatic heterocycles. The van der Waals surface area contributed by atoms with Gasteiger partial charge in [0.05, 0.1) is 6.26 Å². The smallest absolute Gasteiger partial charge is 0.191 e. The highest BCUT2D eigenvalue weighted by atomic mass is 19.1. The summed E-state index contributed by atoms with van der Waals surface area (Å²) in [7, 11) is 0. The second-order valence-corrected chi connectivity index (χ2v) is 3.62. The minimum atomic E-state index is -0.951. The normalized spacial score (nSPS) is 11.6. The van der Waals surface area contributed by atoms with Crippen molar-refractivity contribution in [1.82, 2.24) is 0 Å². The van der Waals surface area contributed by atoms with E-state index in [0.29, 0.717) is 5.76 Å². The molecule has 2 aromatic rings. The van der Waals surface area contributed by atoms with E-state index in [1.807, 2.05) is 0 Å². The summed E-state index contributed by atoms with van der Waals surface area (Å²) >= 11 is 0. The van der Waals surface area contributed by atoms with Gasteiger partial charge in [0.25, 0.3) is 0 Å². The second kappa shape index (κ2) is 5.38. The van der Waals surface area contributed by atoms with E-state index >= 15 is 0 Å². The van der Waals surface area contributed by atoms with E-state index in [2.05, 4.69) is 5.16 Å². The van der Waals surface area contributed by atoms with Gasteiger partial charge in [-0.2, -0.15) is 0 Å². The van der Waals surface area contributed by atoms with Gasteiger partial charge in [-0.1, -0.05) is 5.16 Å². The molecule has 1 heterocycles. The highest BCUT2D eigenvalue weighted by Gasteiger charge is 2.15. The summed E-state index contributed by atoms with van der Waals surface area (Å²) in [6.07, 6.45) is 1.42. The zero-order valence-electron chi connectivity index (χ0n) is 9.64. The highest BCUT2D eigenvalue weighted by molar-refractivity contribution is 5.97. The average Bonchev–Trinajstić information content (AvgIpc) is 2.89. The molecule has 100 valence electrons. The van der Waals surface area contributed by atoms with Crippen LogP contribution < -0.4 is 10.5 Å². The van der Waals surface area contributed by atoms with Crippen LogP contribution >= 0.6 is 0 Å². The number of rotatable bonds is 4. The fraction of sp³-hybridized carbons (Fsp3) is 0.0833. The number of amidine groups is 1. The Balaban J connectivity index is 2.22. The van der Waals surface area contributed by atoms with Crippen molar-refractivity contribution in [3.63, 3.8) is 0 Å². The lowest BCUT2D eigenvalue weighted by Gasteiger charge is -2.08. The molecule has 19 heavy (non-hydrogen) atoms. The predicted octanol–water partition coefficient (Wildman–Crippen LogP) is 2.23. The largest absolute Gasteiger partial charge is 0.480 e. The third kappa shape index (κ3) is 2.82. The summed E-state index contributed by atoms with van der Waals surface area (Å²) in [5.41, 5.74) is 5.16. The van der Waals surface area contributed by atoms with E-state index in [1.54, 1.807) is 12.1 Å². The minimum Gasteiger partial charge on any atom is -0.480 e. The van der Waals surface area contributed by atoms with Crippen LogP contribution in [0.2, 0.25) is 0 Å². The van der Waals surface area contributed by atoms with E-state index in [1.165, 1.54) is 6.26 Å². The van der Waals surface area contributed by atoms with Crippen LogP contribution in [0.25, 0.3) is 0 Å². The van der Waals surface area contributed by atoms with Crippen molar-refractivity contribution in [2.75, 3.05) is 0 Å². The quantitative estimate of drug-likeness (QED) is 0.385. The molecule has 5 nitrogen and oxygen atoms in total. The maximum Gasteiger partial charge on any atom is 0.191 e. The second-order valence-electron chi connectivity index (χ2n) is 3.62. The van der Waals surface area contributed by atoms with E-state index in [-0.39, 0.29) is 12.2 Å². The van der Waals surface area contributed by atoms with Gasteiger partial charge in [0.1, 0.15) is 12.4 Å².